The zero-order valence-corrected chi connectivity index (χ0v) is 12.1. The molecule has 0 fully saturated rings. The SMILES string of the molecule is CCCc1cc([N+](=O)[O-])c(NC(C)C)c([N+](=O)[O-])c1C. The molecule has 0 aliphatic carbocycles. The number of nitro benzene ring substituents is 2. The summed E-state index contributed by atoms with van der Waals surface area (Å²) < 4.78 is 0. The van der Waals surface area contributed by atoms with Crippen LogP contribution in [-0.4, -0.2) is 15.9 Å². The summed E-state index contributed by atoms with van der Waals surface area (Å²) >= 11 is 0. The van der Waals surface area contributed by atoms with E-state index in [1.807, 2.05) is 6.92 Å². The molecule has 0 saturated heterocycles. The van der Waals surface area contributed by atoms with E-state index in [1.54, 1.807) is 20.8 Å². The van der Waals surface area contributed by atoms with E-state index < -0.39 is 9.85 Å². The summed E-state index contributed by atoms with van der Waals surface area (Å²) in [6.07, 6.45) is 1.35. The number of hydrogen-bond acceptors (Lipinski definition) is 5. The highest BCUT2D eigenvalue weighted by Crippen LogP contribution is 2.39. The Bertz CT molecular complexity index is 541. The van der Waals surface area contributed by atoms with Gasteiger partial charge in [0.1, 0.15) is 0 Å². The predicted molar refractivity (Wildman–Crippen MR) is 77.2 cm³/mol. The van der Waals surface area contributed by atoms with Gasteiger partial charge in [-0.2, -0.15) is 0 Å². The molecule has 0 unspecified atom stereocenters. The third kappa shape index (κ3) is 3.23. The monoisotopic (exact) mass is 281 g/mol. The van der Waals surface area contributed by atoms with Gasteiger partial charge in [-0.05, 0) is 32.8 Å². The lowest BCUT2D eigenvalue weighted by Crippen LogP contribution is -2.14. The molecule has 0 aliphatic rings. The molecule has 0 bridgehead atoms. The maximum atomic E-state index is 11.3. The molecule has 110 valence electrons. The van der Waals surface area contributed by atoms with E-state index in [9.17, 15) is 20.2 Å². The molecule has 0 atom stereocenters. The summed E-state index contributed by atoms with van der Waals surface area (Å²) in [5.41, 5.74) is 0.703. The van der Waals surface area contributed by atoms with Gasteiger partial charge < -0.3 is 5.32 Å². The first-order valence-corrected chi connectivity index (χ1v) is 6.51. The van der Waals surface area contributed by atoms with Gasteiger partial charge in [-0.3, -0.25) is 20.2 Å². The lowest BCUT2D eigenvalue weighted by Gasteiger charge is -2.14. The predicted octanol–water partition coefficient (Wildman–Crippen LogP) is 3.58. The number of nitrogens with zero attached hydrogens (tertiary/aromatic N) is 2. The fraction of sp³-hybridized carbons (Fsp3) is 0.538. The van der Waals surface area contributed by atoms with Crippen LogP contribution in [0.2, 0.25) is 0 Å². The second kappa shape index (κ2) is 6.31. The summed E-state index contributed by atoms with van der Waals surface area (Å²) in [5.74, 6) is 0. The van der Waals surface area contributed by atoms with Crippen molar-refractivity contribution in [2.75, 3.05) is 5.32 Å². The van der Waals surface area contributed by atoms with E-state index in [2.05, 4.69) is 5.32 Å². The summed E-state index contributed by atoms with van der Waals surface area (Å²) in [5, 5.41) is 25.3. The van der Waals surface area contributed by atoms with Crippen LogP contribution in [0.25, 0.3) is 0 Å². The smallest absolute Gasteiger partial charge is 0.302 e. The molecule has 1 aromatic rings. The Hall–Kier alpha value is -2.18. The van der Waals surface area contributed by atoms with Crippen molar-refractivity contribution in [2.24, 2.45) is 0 Å². The zero-order valence-electron chi connectivity index (χ0n) is 12.1. The van der Waals surface area contributed by atoms with Crippen molar-refractivity contribution in [1.29, 1.82) is 0 Å². The molecule has 1 rings (SSSR count). The average Bonchev–Trinajstić information content (AvgIpc) is 2.31. The van der Waals surface area contributed by atoms with Gasteiger partial charge in [0.15, 0.2) is 5.69 Å². The van der Waals surface area contributed by atoms with Crippen LogP contribution in [0, 0.1) is 27.2 Å². The second-order valence-corrected chi connectivity index (χ2v) is 4.97. The lowest BCUT2D eigenvalue weighted by atomic mass is 9.99. The van der Waals surface area contributed by atoms with Crippen LogP contribution in [-0.2, 0) is 6.42 Å². The van der Waals surface area contributed by atoms with Gasteiger partial charge in [0.05, 0.1) is 9.85 Å². The summed E-state index contributed by atoms with van der Waals surface area (Å²) in [7, 11) is 0. The normalized spacial score (nSPS) is 10.7. The van der Waals surface area contributed by atoms with E-state index in [-0.39, 0.29) is 23.1 Å². The van der Waals surface area contributed by atoms with Gasteiger partial charge in [0.25, 0.3) is 5.69 Å². The fourth-order valence-corrected chi connectivity index (χ4v) is 2.14. The van der Waals surface area contributed by atoms with E-state index in [0.29, 0.717) is 17.5 Å². The van der Waals surface area contributed by atoms with Gasteiger partial charge in [0.2, 0.25) is 0 Å². The van der Waals surface area contributed by atoms with Crippen molar-refractivity contribution in [3.8, 4) is 0 Å². The van der Waals surface area contributed by atoms with Crippen molar-refractivity contribution in [2.45, 2.75) is 46.6 Å². The standard InChI is InChI=1S/C13H19N3O4/c1-5-6-10-7-11(15(17)18)12(14-8(2)3)13(9(10)4)16(19)20/h7-8,14H,5-6H2,1-4H3. The highest BCUT2D eigenvalue weighted by Gasteiger charge is 2.30. The van der Waals surface area contributed by atoms with Gasteiger partial charge in [0, 0.05) is 17.7 Å². The maximum Gasteiger partial charge on any atom is 0.302 e. The minimum Gasteiger partial charge on any atom is -0.372 e. The number of aryl methyl sites for hydroxylation is 1. The van der Waals surface area contributed by atoms with Gasteiger partial charge in [-0.25, -0.2) is 0 Å². The Labute approximate surface area is 117 Å². The minimum absolute atomic E-state index is 0.00708. The van der Waals surface area contributed by atoms with Crippen LogP contribution in [0.1, 0.15) is 38.3 Å². The number of nitrogens with one attached hydrogen (secondary N) is 1. The van der Waals surface area contributed by atoms with Gasteiger partial charge in [-0.1, -0.05) is 13.3 Å². The van der Waals surface area contributed by atoms with Crippen LogP contribution >= 0.6 is 0 Å². The number of nitro groups is 2. The molecule has 20 heavy (non-hydrogen) atoms. The Morgan fingerprint density at radius 3 is 2.25 bits per heavy atom. The first kappa shape index (κ1) is 15.9. The summed E-state index contributed by atoms with van der Waals surface area (Å²) in [6, 6.07) is 1.31. The number of benzene rings is 1. The summed E-state index contributed by atoms with van der Waals surface area (Å²) in [4.78, 5) is 21.4. The Morgan fingerprint density at radius 1 is 1.25 bits per heavy atom. The van der Waals surface area contributed by atoms with Crippen molar-refractivity contribution >= 4 is 17.1 Å². The van der Waals surface area contributed by atoms with E-state index >= 15 is 0 Å². The molecule has 1 N–H and O–H groups in total. The van der Waals surface area contributed by atoms with E-state index in [1.165, 1.54) is 6.07 Å². The maximum absolute atomic E-state index is 11.3. The number of rotatable bonds is 6. The van der Waals surface area contributed by atoms with Crippen LogP contribution in [0.4, 0.5) is 17.1 Å². The first-order valence-electron chi connectivity index (χ1n) is 6.51. The molecule has 0 spiro atoms. The molecule has 0 radical (unpaired) electrons. The molecule has 0 heterocycles. The van der Waals surface area contributed by atoms with Crippen LogP contribution in [0.3, 0.4) is 0 Å². The highest BCUT2D eigenvalue weighted by molar-refractivity contribution is 5.78. The minimum atomic E-state index is -0.573. The third-order valence-corrected chi connectivity index (χ3v) is 2.97. The topological polar surface area (TPSA) is 98.3 Å². The largest absolute Gasteiger partial charge is 0.372 e. The number of hydrogen-bond donors (Lipinski definition) is 1. The van der Waals surface area contributed by atoms with Crippen molar-refractivity contribution < 1.29 is 9.85 Å². The average molecular weight is 281 g/mol. The zero-order chi connectivity index (χ0) is 15.4. The lowest BCUT2D eigenvalue weighted by molar-refractivity contribution is -0.392. The van der Waals surface area contributed by atoms with Crippen molar-refractivity contribution in [3.05, 3.63) is 37.4 Å². The van der Waals surface area contributed by atoms with Gasteiger partial charge >= 0.3 is 5.69 Å². The highest BCUT2D eigenvalue weighted by atomic mass is 16.6. The summed E-state index contributed by atoms with van der Waals surface area (Å²) in [6.45, 7) is 7.13. The Morgan fingerprint density at radius 2 is 1.85 bits per heavy atom. The number of anilines is 1. The van der Waals surface area contributed by atoms with Crippen LogP contribution < -0.4 is 5.32 Å². The third-order valence-electron chi connectivity index (χ3n) is 2.97. The second-order valence-electron chi connectivity index (χ2n) is 4.97. The first-order chi connectivity index (χ1) is 9.29. The molecule has 0 aliphatic heterocycles. The van der Waals surface area contributed by atoms with E-state index in [4.69, 9.17) is 0 Å². The molecule has 0 saturated carbocycles. The molecular formula is C13H19N3O4. The molecule has 7 nitrogen and oxygen atoms in total. The molecule has 0 aromatic heterocycles. The van der Waals surface area contributed by atoms with Crippen molar-refractivity contribution in [1.82, 2.24) is 0 Å². The van der Waals surface area contributed by atoms with E-state index in [0.717, 1.165) is 6.42 Å². The van der Waals surface area contributed by atoms with Crippen LogP contribution in [0.5, 0.6) is 0 Å². The molecular weight excluding hydrogens is 262 g/mol. The molecule has 0 amide bonds. The Balaban J connectivity index is 3.63. The van der Waals surface area contributed by atoms with Crippen LogP contribution in [0.15, 0.2) is 6.07 Å². The fourth-order valence-electron chi connectivity index (χ4n) is 2.14. The van der Waals surface area contributed by atoms with Gasteiger partial charge in [-0.15, -0.1) is 0 Å². The molecule has 1 aromatic carbocycles. The van der Waals surface area contributed by atoms with Crippen molar-refractivity contribution in [3.63, 3.8) is 0 Å². The molecule has 7 heteroatoms. The Kier molecular flexibility index (Phi) is 5.01. The quantitative estimate of drug-likeness (QED) is 0.634.